The topological polar surface area (TPSA) is 35.8 Å². The summed E-state index contributed by atoms with van der Waals surface area (Å²) >= 11 is 0. The highest BCUT2D eigenvalue weighted by Gasteiger charge is 2.21. The van der Waals surface area contributed by atoms with Crippen LogP contribution in [-0.4, -0.2) is 6.54 Å². The molecule has 0 aliphatic heterocycles. The normalized spacial score (nSPS) is 16.7. The highest BCUT2D eigenvalue weighted by molar-refractivity contribution is 5.19. The summed E-state index contributed by atoms with van der Waals surface area (Å²) in [6, 6.07) is 12.7. The van der Waals surface area contributed by atoms with Crippen molar-refractivity contribution in [3.8, 4) is 6.07 Å². The summed E-state index contributed by atoms with van der Waals surface area (Å²) in [4.78, 5) is 0. The van der Waals surface area contributed by atoms with Crippen LogP contribution in [0.4, 0.5) is 0 Å². The van der Waals surface area contributed by atoms with Crippen LogP contribution in [0.3, 0.4) is 0 Å². The van der Waals surface area contributed by atoms with Crippen molar-refractivity contribution in [2.75, 3.05) is 6.54 Å². The Hall–Kier alpha value is -1.33. The minimum Gasteiger partial charge on any atom is -0.309 e. The lowest BCUT2D eigenvalue weighted by Gasteiger charge is -2.16. The first kappa shape index (κ1) is 11.2. The largest absolute Gasteiger partial charge is 0.309 e. The molecule has 1 aliphatic rings. The van der Waals surface area contributed by atoms with Gasteiger partial charge in [-0.25, -0.2) is 0 Å². The number of rotatable bonds is 6. The average Bonchev–Trinajstić information content (AvgIpc) is 3.13. The number of hydrogen-bond acceptors (Lipinski definition) is 2. The molecular weight excluding hydrogens is 196 g/mol. The maximum absolute atomic E-state index is 8.83. The van der Waals surface area contributed by atoms with Crippen molar-refractivity contribution in [1.82, 2.24) is 5.32 Å². The van der Waals surface area contributed by atoms with Crippen molar-refractivity contribution in [2.24, 2.45) is 5.92 Å². The van der Waals surface area contributed by atoms with Crippen molar-refractivity contribution >= 4 is 0 Å². The molecule has 1 aliphatic carbocycles. The molecule has 1 atom stereocenters. The number of benzene rings is 1. The Labute approximate surface area is 97.3 Å². The van der Waals surface area contributed by atoms with E-state index >= 15 is 0 Å². The van der Waals surface area contributed by atoms with Gasteiger partial charge in [0.05, 0.1) is 12.5 Å². The third-order valence-electron chi connectivity index (χ3n) is 3.14. The van der Waals surface area contributed by atoms with Crippen molar-refractivity contribution < 1.29 is 0 Å². The predicted molar refractivity (Wildman–Crippen MR) is 64.8 cm³/mol. The van der Waals surface area contributed by atoms with E-state index < -0.39 is 0 Å². The Morgan fingerprint density at radius 1 is 1.31 bits per heavy atom. The molecule has 16 heavy (non-hydrogen) atoms. The minimum atomic E-state index is 0.199. The van der Waals surface area contributed by atoms with E-state index in [1.165, 1.54) is 24.8 Å². The van der Waals surface area contributed by atoms with Gasteiger partial charge in [0.25, 0.3) is 0 Å². The lowest BCUT2D eigenvalue weighted by molar-refractivity contribution is 0.516. The zero-order valence-electron chi connectivity index (χ0n) is 9.52. The van der Waals surface area contributed by atoms with Gasteiger partial charge in [-0.2, -0.15) is 5.26 Å². The van der Waals surface area contributed by atoms with Crippen LogP contribution in [0.1, 0.15) is 37.3 Å². The van der Waals surface area contributed by atoms with Gasteiger partial charge in [-0.3, -0.25) is 0 Å². The molecule has 1 unspecified atom stereocenters. The van der Waals surface area contributed by atoms with Gasteiger partial charge in [0.2, 0.25) is 0 Å². The SMILES string of the molecule is N#CCC(NCCC1CC1)c1ccccc1. The maximum Gasteiger partial charge on any atom is 0.0641 e. The third kappa shape index (κ3) is 3.36. The molecule has 0 heterocycles. The van der Waals surface area contributed by atoms with Gasteiger partial charge in [0, 0.05) is 6.04 Å². The molecule has 0 radical (unpaired) electrons. The summed E-state index contributed by atoms with van der Waals surface area (Å²) in [5, 5.41) is 12.3. The van der Waals surface area contributed by atoms with Crippen LogP contribution in [0.15, 0.2) is 30.3 Å². The number of nitrogens with zero attached hydrogens (tertiary/aromatic N) is 1. The van der Waals surface area contributed by atoms with Crippen LogP contribution in [0.25, 0.3) is 0 Å². The fourth-order valence-electron chi connectivity index (χ4n) is 1.95. The molecule has 2 rings (SSSR count). The Bertz CT molecular complexity index is 349. The van der Waals surface area contributed by atoms with Gasteiger partial charge in [-0.15, -0.1) is 0 Å². The molecule has 0 spiro atoms. The number of hydrogen-bond donors (Lipinski definition) is 1. The highest BCUT2D eigenvalue weighted by Crippen LogP contribution is 2.32. The second kappa shape index (κ2) is 5.67. The molecule has 0 bridgehead atoms. The van der Waals surface area contributed by atoms with Crippen LogP contribution in [0.2, 0.25) is 0 Å². The molecule has 1 fully saturated rings. The minimum absolute atomic E-state index is 0.199. The fraction of sp³-hybridized carbons (Fsp3) is 0.500. The Kier molecular flexibility index (Phi) is 3.96. The van der Waals surface area contributed by atoms with E-state index in [0.717, 1.165) is 12.5 Å². The molecular formula is C14H18N2. The van der Waals surface area contributed by atoms with Crippen molar-refractivity contribution in [2.45, 2.75) is 31.7 Å². The molecule has 0 saturated heterocycles. The first-order valence-corrected chi connectivity index (χ1v) is 6.05. The van der Waals surface area contributed by atoms with Gasteiger partial charge in [-0.05, 0) is 24.4 Å². The summed E-state index contributed by atoms with van der Waals surface area (Å²) in [5.41, 5.74) is 1.22. The summed E-state index contributed by atoms with van der Waals surface area (Å²) < 4.78 is 0. The fourth-order valence-corrected chi connectivity index (χ4v) is 1.95. The third-order valence-corrected chi connectivity index (χ3v) is 3.14. The molecule has 1 saturated carbocycles. The van der Waals surface area contributed by atoms with Crippen LogP contribution < -0.4 is 5.32 Å². The molecule has 1 aromatic rings. The van der Waals surface area contributed by atoms with Crippen molar-refractivity contribution in [3.05, 3.63) is 35.9 Å². The van der Waals surface area contributed by atoms with Crippen molar-refractivity contribution in [1.29, 1.82) is 5.26 Å². The van der Waals surface area contributed by atoms with E-state index in [1.54, 1.807) is 0 Å². The van der Waals surface area contributed by atoms with Gasteiger partial charge < -0.3 is 5.32 Å². The zero-order valence-corrected chi connectivity index (χ0v) is 9.52. The van der Waals surface area contributed by atoms with E-state index in [0.29, 0.717) is 6.42 Å². The molecule has 1 N–H and O–H groups in total. The maximum atomic E-state index is 8.83. The van der Waals surface area contributed by atoms with E-state index in [9.17, 15) is 0 Å². The predicted octanol–water partition coefficient (Wildman–Crippen LogP) is 3.03. The van der Waals surface area contributed by atoms with Gasteiger partial charge >= 0.3 is 0 Å². The first-order chi connectivity index (χ1) is 7.90. The van der Waals surface area contributed by atoms with Crippen molar-refractivity contribution in [3.63, 3.8) is 0 Å². The monoisotopic (exact) mass is 214 g/mol. The summed E-state index contributed by atoms with van der Waals surface area (Å²) in [6.45, 7) is 1.03. The molecule has 1 aromatic carbocycles. The Morgan fingerprint density at radius 3 is 2.69 bits per heavy atom. The lowest BCUT2D eigenvalue weighted by Crippen LogP contribution is -2.22. The van der Waals surface area contributed by atoms with Crippen LogP contribution in [0, 0.1) is 17.2 Å². The second-order valence-electron chi connectivity index (χ2n) is 4.51. The standard InChI is InChI=1S/C14H18N2/c15-10-8-14(13-4-2-1-3-5-13)16-11-9-12-6-7-12/h1-5,12,14,16H,6-9,11H2. The summed E-state index contributed by atoms with van der Waals surface area (Å²) in [6.07, 6.45) is 4.61. The quantitative estimate of drug-likeness (QED) is 0.790. The van der Waals surface area contributed by atoms with E-state index in [-0.39, 0.29) is 6.04 Å². The van der Waals surface area contributed by atoms with Crippen LogP contribution >= 0.6 is 0 Å². The summed E-state index contributed by atoms with van der Waals surface area (Å²) in [5.74, 6) is 0.950. The molecule has 0 amide bonds. The molecule has 2 heteroatoms. The summed E-state index contributed by atoms with van der Waals surface area (Å²) in [7, 11) is 0. The van der Waals surface area contributed by atoms with Gasteiger partial charge in [0.1, 0.15) is 0 Å². The van der Waals surface area contributed by atoms with E-state index in [4.69, 9.17) is 5.26 Å². The van der Waals surface area contributed by atoms with Gasteiger partial charge in [0.15, 0.2) is 0 Å². The second-order valence-corrected chi connectivity index (χ2v) is 4.51. The Balaban J connectivity index is 1.86. The average molecular weight is 214 g/mol. The van der Waals surface area contributed by atoms with E-state index in [1.807, 2.05) is 18.2 Å². The number of nitrogens with one attached hydrogen (secondary N) is 1. The van der Waals surface area contributed by atoms with Gasteiger partial charge in [-0.1, -0.05) is 43.2 Å². The smallest absolute Gasteiger partial charge is 0.0641 e. The molecule has 2 nitrogen and oxygen atoms in total. The highest BCUT2D eigenvalue weighted by atomic mass is 14.9. The molecule has 0 aromatic heterocycles. The first-order valence-electron chi connectivity index (χ1n) is 6.05. The van der Waals surface area contributed by atoms with Crippen LogP contribution in [0.5, 0.6) is 0 Å². The zero-order chi connectivity index (χ0) is 11.2. The molecule has 84 valence electrons. The van der Waals surface area contributed by atoms with E-state index in [2.05, 4.69) is 23.5 Å². The van der Waals surface area contributed by atoms with Crippen LogP contribution in [-0.2, 0) is 0 Å². The lowest BCUT2D eigenvalue weighted by atomic mass is 10.0. The number of nitriles is 1. The Morgan fingerprint density at radius 2 is 2.06 bits per heavy atom.